The summed E-state index contributed by atoms with van der Waals surface area (Å²) < 4.78 is 0.806. The van der Waals surface area contributed by atoms with Crippen LogP contribution in [-0.2, 0) is 0 Å². The van der Waals surface area contributed by atoms with E-state index in [2.05, 4.69) is 26.5 Å². The highest BCUT2D eigenvalue weighted by molar-refractivity contribution is 9.10. The summed E-state index contributed by atoms with van der Waals surface area (Å²) in [5, 5.41) is 35.9. The van der Waals surface area contributed by atoms with E-state index in [1.165, 1.54) is 18.2 Å². The summed E-state index contributed by atoms with van der Waals surface area (Å²) in [6, 6.07) is 8.01. The highest BCUT2D eigenvalue weighted by Crippen LogP contribution is 2.32. The Morgan fingerprint density at radius 1 is 1.14 bits per heavy atom. The lowest BCUT2D eigenvalue weighted by atomic mass is 10.2. The molecule has 0 aliphatic heterocycles. The molecule has 0 spiro atoms. The number of phenolic OH excluding ortho intramolecular Hbond substituents is 1. The largest absolute Gasteiger partial charge is 0.506 e. The van der Waals surface area contributed by atoms with Gasteiger partial charge in [-0.2, -0.15) is 5.10 Å². The number of halogens is 1. The van der Waals surface area contributed by atoms with Crippen LogP contribution in [0.25, 0.3) is 10.1 Å². The van der Waals surface area contributed by atoms with Crippen molar-refractivity contribution in [2.75, 3.05) is 0 Å². The van der Waals surface area contributed by atoms with Gasteiger partial charge in [0.25, 0.3) is 17.3 Å². The van der Waals surface area contributed by atoms with E-state index in [4.69, 9.17) is 0 Å². The Kier molecular flexibility index (Phi) is 5.33. The number of amides is 1. The van der Waals surface area contributed by atoms with Gasteiger partial charge in [-0.15, -0.1) is 11.3 Å². The van der Waals surface area contributed by atoms with Crippen LogP contribution >= 0.6 is 27.3 Å². The first-order chi connectivity index (χ1) is 13.3. The number of non-ortho nitro benzene ring substituents is 2. The van der Waals surface area contributed by atoms with Crippen molar-refractivity contribution >= 4 is 60.8 Å². The van der Waals surface area contributed by atoms with E-state index >= 15 is 0 Å². The van der Waals surface area contributed by atoms with Crippen LogP contribution in [0.1, 0.15) is 15.2 Å². The number of carbonyl (C=O) groups is 1. The van der Waals surface area contributed by atoms with Crippen molar-refractivity contribution in [3.8, 4) is 5.75 Å². The van der Waals surface area contributed by atoms with Gasteiger partial charge in [-0.25, -0.2) is 5.43 Å². The van der Waals surface area contributed by atoms with Gasteiger partial charge in [0, 0.05) is 39.9 Å². The highest BCUT2D eigenvalue weighted by atomic mass is 79.9. The Hall–Kier alpha value is -3.38. The Labute approximate surface area is 168 Å². The molecule has 12 heteroatoms. The van der Waals surface area contributed by atoms with Crippen LogP contribution in [0.3, 0.4) is 0 Å². The van der Waals surface area contributed by atoms with Gasteiger partial charge in [-0.05, 0) is 28.1 Å². The zero-order valence-electron chi connectivity index (χ0n) is 13.7. The SMILES string of the molecule is O=C(NN=Cc1cc([N+](=O)[O-])cc(Br)c1O)c1cc2cc([N+](=O)[O-])ccc2s1. The number of benzene rings is 2. The number of nitro groups is 2. The monoisotopic (exact) mass is 464 g/mol. The lowest BCUT2D eigenvalue weighted by Crippen LogP contribution is -2.16. The Bertz CT molecular complexity index is 1160. The van der Waals surface area contributed by atoms with E-state index in [0.29, 0.717) is 10.1 Å². The quantitative estimate of drug-likeness (QED) is 0.331. The van der Waals surface area contributed by atoms with E-state index in [0.717, 1.165) is 29.7 Å². The number of carbonyl (C=O) groups excluding carboxylic acids is 1. The summed E-state index contributed by atoms with van der Waals surface area (Å²) in [7, 11) is 0. The molecular weight excluding hydrogens is 456 g/mol. The van der Waals surface area contributed by atoms with Gasteiger partial charge in [0.1, 0.15) is 5.75 Å². The minimum atomic E-state index is -0.628. The first kappa shape index (κ1) is 19.4. The summed E-state index contributed by atoms with van der Waals surface area (Å²) in [4.78, 5) is 33.1. The molecule has 10 nitrogen and oxygen atoms in total. The van der Waals surface area contributed by atoms with E-state index in [1.54, 1.807) is 6.07 Å². The minimum absolute atomic E-state index is 0.0355. The smallest absolute Gasteiger partial charge is 0.281 e. The number of thiophene rings is 1. The molecule has 0 fully saturated rings. The summed E-state index contributed by atoms with van der Waals surface area (Å²) in [5.41, 5.74) is 1.95. The molecule has 142 valence electrons. The number of nitro benzene ring substituents is 2. The molecule has 1 aromatic heterocycles. The Balaban J connectivity index is 1.79. The molecule has 0 saturated carbocycles. The van der Waals surface area contributed by atoms with Crippen molar-refractivity contribution in [3.63, 3.8) is 0 Å². The fraction of sp³-hybridized carbons (Fsp3) is 0. The van der Waals surface area contributed by atoms with Crippen molar-refractivity contribution in [1.29, 1.82) is 0 Å². The molecule has 1 heterocycles. The second-order valence-electron chi connectivity index (χ2n) is 5.41. The van der Waals surface area contributed by atoms with Crippen LogP contribution in [0.2, 0.25) is 0 Å². The van der Waals surface area contributed by atoms with Gasteiger partial charge < -0.3 is 5.11 Å². The van der Waals surface area contributed by atoms with E-state index in [1.807, 2.05) is 0 Å². The topological polar surface area (TPSA) is 148 Å². The average molecular weight is 465 g/mol. The molecular formula is C16H9BrN4O6S. The third-order valence-corrected chi connectivity index (χ3v) is 5.31. The molecule has 0 saturated heterocycles. The lowest BCUT2D eigenvalue weighted by Gasteiger charge is -2.02. The number of rotatable bonds is 5. The minimum Gasteiger partial charge on any atom is -0.506 e. The molecule has 0 unspecified atom stereocenters. The van der Waals surface area contributed by atoms with Crippen LogP contribution in [0.4, 0.5) is 11.4 Å². The lowest BCUT2D eigenvalue weighted by molar-refractivity contribution is -0.385. The third kappa shape index (κ3) is 3.97. The van der Waals surface area contributed by atoms with Gasteiger partial charge in [-0.3, -0.25) is 25.0 Å². The number of nitrogens with zero attached hydrogens (tertiary/aromatic N) is 3. The fourth-order valence-corrected chi connectivity index (χ4v) is 3.68. The molecule has 2 aromatic carbocycles. The number of phenols is 1. The van der Waals surface area contributed by atoms with E-state index < -0.39 is 15.8 Å². The zero-order chi connectivity index (χ0) is 20.4. The van der Waals surface area contributed by atoms with Crippen molar-refractivity contribution in [2.24, 2.45) is 5.10 Å². The molecule has 0 atom stereocenters. The maximum atomic E-state index is 12.2. The van der Waals surface area contributed by atoms with Gasteiger partial charge in [0.05, 0.1) is 25.4 Å². The van der Waals surface area contributed by atoms with E-state index in [9.17, 15) is 30.1 Å². The second-order valence-corrected chi connectivity index (χ2v) is 7.35. The maximum absolute atomic E-state index is 12.2. The van der Waals surface area contributed by atoms with Crippen LogP contribution in [0.15, 0.2) is 46.0 Å². The molecule has 3 rings (SSSR count). The van der Waals surface area contributed by atoms with E-state index in [-0.39, 0.29) is 32.0 Å². The first-order valence-corrected chi connectivity index (χ1v) is 9.05. The standard InChI is InChI=1S/C16H9BrN4O6S/c17-12-6-11(21(26)27)4-9(15(12)22)7-18-19-16(23)14-5-8-3-10(20(24)25)1-2-13(8)28-14/h1-7,22H,(H,19,23). The molecule has 0 aliphatic rings. The van der Waals surface area contributed by atoms with Crippen LogP contribution < -0.4 is 5.43 Å². The van der Waals surface area contributed by atoms with Crippen molar-refractivity contribution in [3.05, 3.63) is 71.5 Å². The summed E-state index contributed by atoms with van der Waals surface area (Å²) in [5.74, 6) is -0.832. The molecule has 0 radical (unpaired) electrons. The molecule has 1 amide bonds. The predicted molar refractivity (Wildman–Crippen MR) is 106 cm³/mol. The van der Waals surface area contributed by atoms with Gasteiger partial charge in [0.15, 0.2) is 0 Å². The first-order valence-electron chi connectivity index (χ1n) is 7.44. The van der Waals surface area contributed by atoms with Crippen LogP contribution in [0.5, 0.6) is 5.75 Å². The molecule has 28 heavy (non-hydrogen) atoms. The van der Waals surface area contributed by atoms with Gasteiger partial charge in [-0.1, -0.05) is 0 Å². The van der Waals surface area contributed by atoms with Crippen LogP contribution in [0, 0.1) is 20.2 Å². The summed E-state index contributed by atoms with van der Waals surface area (Å²) in [6.07, 6.45) is 1.07. The second kappa shape index (κ2) is 7.70. The number of nitrogens with one attached hydrogen (secondary N) is 1. The van der Waals surface area contributed by atoms with Gasteiger partial charge >= 0.3 is 0 Å². The zero-order valence-corrected chi connectivity index (χ0v) is 16.1. The summed E-state index contributed by atoms with van der Waals surface area (Å²) >= 11 is 4.14. The average Bonchev–Trinajstić information content (AvgIpc) is 3.08. The predicted octanol–water partition coefficient (Wildman–Crippen LogP) is 3.95. The van der Waals surface area contributed by atoms with Crippen LogP contribution in [-0.4, -0.2) is 27.1 Å². The summed E-state index contributed by atoms with van der Waals surface area (Å²) in [6.45, 7) is 0. The molecule has 2 N–H and O–H groups in total. The number of fused-ring (bicyclic) bond motifs is 1. The molecule has 0 bridgehead atoms. The number of hydrogen-bond donors (Lipinski definition) is 2. The number of hydrogen-bond acceptors (Lipinski definition) is 8. The normalized spacial score (nSPS) is 11.0. The van der Waals surface area contributed by atoms with Gasteiger partial charge in [0.2, 0.25) is 0 Å². The number of aromatic hydroxyl groups is 1. The molecule has 3 aromatic rings. The fourth-order valence-electron chi connectivity index (χ4n) is 2.28. The highest BCUT2D eigenvalue weighted by Gasteiger charge is 2.15. The maximum Gasteiger partial charge on any atom is 0.281 e. The van der Waals surface area contributed by atoms with Crippen molar-refractivity contribution in [2.45, 2.75) is 0 Å². The third-order valence-electron chi connectivity index (χ3n) is 3.59. The van der Waals surface area contributed by atoms with Crippen molar-refractivity contribution in [1.82, 2.24) is 5.43 Å². The molecule has 0 aliphatic carbocycles. The Morgan fingerprint density at radius 2 is 1.86 bits per heavy atom. The van der Waals surface area contributed by atoms with Crippen molar-refractivity contribution < 1.29 is 19.7 Å². The Morgan fingerprint density at radius 3 is 2.54 bits per heavy atom. The number of hydrazone groups is 1.